The Bertz CT molecular complexity index is 623. The molecule has 2 aromatic rings. The molecular weight excluding hydrogens is 276 g/mol. The van der Waals surface area contributed by atoms with Crippen molar-refractivity contribution in [2.45, 2.75) is 13.0 Å². The molecule has 7 nitrogen and oxygen atoms in total. The van der Waals surface area contributed by atoms with Gasteiger partial charge >= 0.3 is 5.97 Å². The summed E-state index contributed by atoms with van der Waals surface area (Å²) < 4.78 is 9.51. The Labute approximate surface area is 120 Å². The zero-order chi connectivity index (χ0) is 15.2. The van der Waals surface area contributed by atoms with Crippen LogP contribution < -0.4 is 5.32 Å². The van der Waals surface area contributed by atoms with Gasteiger partial charge in [-0.2, -0.15) is 0 Å². The van der Waals surface area contributed by atoms with Gasteiger partial charge in [-0.15, -0.1) is 0 Å². The molecule has 0 unspecified atom stereocenters. The summed E-state index contributed by atoms with van der Waals surface area (Å²) >= 11 is 0. The van der Waals surface area contributed by atoms with Crippen LogP contribution in [0.4, 0.5) is 5.82 Å². The van der Waals surface area contributed by atoms with Crippen molar-refractivity contribution >= 4 is 17.7 Å². The second-order valence-corrected chi connectivity index (χ2v) is 4.29. The molecule has 21 heavy (non-hydrogen) atoms. The molecule has 0 radical (unpaired) electrons. The van der Waals surface area contributed by atoms with Crippen molar-refractivity contribution in [3.63, 3.8) is 0 Å². The van der Waals surface area contributed by atoms with Crippen molar-refractivity contribution in [2.75, 3.05) is 11.9 Å². The molecule has 7 heteroatoms. The molecule has 0 aliphatic heterocycles. The molecule has 1 aromatic carbocycles. The smallest absolute Gasteiger partial charge is 0.340 e. The minimum atomic E-state index is -1.42. The molecule has 1 heterocycles. The van der Waals surface area contributed by atoms with Crippen LogP contribution in [-0.2, 0) is 14.3 Å². The van der Waals surface area contributed by atoms with Gasteiger partial charge in [-0.3, -0.25) is 4.79 Å². The molecule has 0 aliphatic carbocycles. The molecule has 0 saturated heterocycles. The molecular formula is C14H14N2O5. The van der Waals surface area contributed by atoms with Crippen LogP contribution in [-0.4, -0.2) is 28.7 Å². The third-order valence-electron chi connectivity index (χ3n) is 2.58. The third-order valence-corrected chi connectivity index (χ3v) is 2.58. The number of aromatic nitrogens is 1. The first kappa shape index (κ1) is 14.7. The molecule has 0 fully saturated rings. The maximum absolute atomic E-state index is 11.6. The van der Waals surface area contributed by atoms with Crippen LogP contribution in [0.25, 0.3) is 0 Å². The van der Waals surface area contributed by atoms with E-state index in [4.69, 9.17) is 9.26 Å². The number of aryl methyl sites for hydroxylation is 1. The summed E-state index contributed by atoms with van der Waals surface area (Å²) in [5.74, 6) is -0.691. The van der Waals surface area contributed by atoms with Crippen molar-refractivity contribution in [3.8, 4) is 0 Å². The standard InChI is InChI=1S/C14H14N2O5/c1-9-7-11(16-21-9)15-12(17)8-20-14(19)13(18)10-5-3-2-4-6-10/h2-7,13,18H,8H2,1H3,(H,15,16,17)/t13-/m0/s1. The van der Waals surface area contributed by atoms with Gasteiger partial charge in [-0.25, -0.2) is 4.79 Å². The van der Waals surface area contributed by atoms with Gasteiger partial charge in [-0.1, -0.05) is 35.5 Å². The maximum atomic E-state index is 11.6. The van der Waals surface area contributed by atoms with E-state index in [1.807, 2.05) is 0 Å². The molecule has 2 N–H and O–H groups in total. The zero-order valence-corrected chi connectivity index (χ0v) is 11.3. The van der Waals surface area contributed by atoms with Crippen LogP contribution in [0.3, 0.4) is 0 Å². The maximum Gasteiger partial charge on any atom is 0.340 e. The number of hydrogen-bond acceptors (Lipinski definition) is 6. The number of carbonyl (C=O) groups excluding carboxylic acids is 2. The number of nitrogens with one attached hydrogen (secondary N) is 1. The van der Waals surface area contributed by atoms with E-state index in [-0.39, 0.29) is 5.82 Å². The van der Waals surface area contributed by atoms with E-state index in [1.54, 1.807) is 37.3 Å². The number of nitrogens with zero attached hydrogens (tertiary/aromatic N) is 1. The molecule has 1 aromatic heterocycles. The van der Waals surface area contributed by atoms with Crippen molar-refractivity contribution in [1.82, 2.24) is 5.16 Å². The van der Waals surface area contributed by atoms with Crippen molar-refractivity contribution < 1.29 is 24.0 Å². The number of esters is 1. The van der Waals surface area contributed by atoms with Gasteiger partial charge in [-0.05, 0) is 12.5 Å². The Morgan fingerprint density at radius 3 is 2.71 bits per heavy atom. The number of benzene rings is 1. The number of ether oxygens (including phenoxy) is 1. The third kappa shape index (κ3) is 4.15. The first-order valence-electron chi connectivity index (χ1n) is 6.19. The highest BCUT2D eigenvalue weighted by Gasteiger charge is 2.19. The zero-order valence-electron chi connectivity index (χ0n) is 11.3. The normalized spacial score (nSPS) is 11.7. The van der Waals surface area contributed by atoms with Gasteiger partial charge in [0.2, 0.25) is 0 Å². The molecule has 0 saturated carbocycles. The van der Waals surface area contributed by atoms with Crippen LogP contribution in [0.1, 0.15) is 17.4 Å². The Balaban J connectivity index is 1.82. The van der Waals surface area contributed by atoms with Crippen LogP contribution >= 0.6 is 0 Å². The van der Waals surface area contributed by atoms with Gasteiger partial charge < -0.3 is 19.7 Å². The van der Waals surface area contributed by atoms with E-state index in [1.165, 1.54) is 6.07 Å². The molecule has 0 spiro atoms. The number of amides is 1. The minimum Gasteiger partial charge on any atom is -0.453 e. The average Bonchev–Trinajstić information content (AvgIpc) is 2.90. The summed E-state index contributed by atoms with van der Waals surface area (Å²) in [5.41, 5.74) is 0.398. The highest BCUT2D eigenvalue weighted by atomic mass is 16.5. The molecule has 0 bridgehead atoms. The Hall–Kier alpha value is -2.67. The fourth-order valence-corrected chi connectivity index (χ4v) is 1.59. The topological polar surface area (TPSA) is 102 Å². The molecule has 110 valence electrons. The lowest BCUT2D eigenvalue weighted by atomic mass is 10.1. The van der Waals surface area contributed by atoms with E-state index in [9.17, 15) is 14.7 Å². The second kappa shape index (κ2) is 6.67. The van der Waals surface area contributed by atoms with Gasteiger partial charge in [0.15, 0.2) is 18.5 Å². The summed E-state index contributed by atoms with van der Waals surface area (Å²) in [6.45, 7) is 1.16. The number of hydrogen-bond donors (Lipinski definition) is 2. The van der Waals surface area contributed by atoms with Gasteiger partial charge in [0.25, 0.3) is 5.91 Å². The number of carbonyl (C=O) groups is 2. The van der Waals surface area contributed by atoms with E-state index >= 15 is 0 Å². The molecule has 0 aliphatic rings. The number of anilines is 1. The lowest BCUT2D eigenvalue weighted by Gasteiger charge is -2.10. The summed E-state index contributed by atoms with van der Waals surface area (Å²) in [6, 6.07) is 9.83. The molecule has 1 atom stereocenters. The Morgan fingerprint density at radius 2 is 2.10 bits per heavy atom. The van der Waals surface area contributed by atoms with Crippen molar-refractivity contribution in [3.05, 3.63) is 47.7 Å². The Morgan fingerprint density at radius 1 is 1.38 bits per heavy atom. The highest BCUT2D eigenvalue weighted by Crippen LogP contribution is 2.13. The van der Waals surface area contributed by atoms with E-state index in [0.717, 1.165) is 0 Å². The fourth-order valence-electron chi connectivity index (χ4n) is 1.59. The van der Waals surface area contributed by atoms with Crippen molar-refractivity contribution in [1.29, 1.82) is 0 Å². The van der Waals surface area contributed by atoms with Crippen LogP contribution in [0.15, 0.2) is 40.9 Å². The second-order valence-electron chi connectivity index (χ2n) is 4.29. The lowest BCUT2D eigenvalue weighted by molar-refractivity contribution is -0.156. The summed E-state index contributed by atoms with van der Waals surface area (Å²) in [7, 11) is 0. The SMILES string of the molecule is Cc1cc(NC(=O)COC(=O)[C@@H](O)c2ccccc2)no1. The number of aliphatic hydroxyl groups is 1. The fraction of sp³-hybridized carbons (Fsp3) is 0.214. The predicted octanol–water partition coefficient (Wildman–Crippen LogP) is 1.20. The summed E-state index contributed by atoms with van der Waals surface area (Å²) in [4.78, 5) is 23.2. The lowest BCUT2D eigenvalue weighted by Crippen LogP contribution is -2.24. The number of rotatable bonds is 5. The first-order chi connectivity index (χ1) is 10.1. The minimum absolute atomic E-state index is 0.233. The summed E-state index contributed by atoms with van der Waals surface area (Å²) in [6.07, 6.45) is -1.42. The quantitative estimate of drug-likeness (QED) is 0.802. The van der Waals surface area contributed by atoms with Crippen LogP contribution in [0.5, 0.6) is 0 Å². The Kier molecular flexibility index (Phi) is 4.68. The largest absolute Gasteiger partial charge is 0.453 e. The van der Waals surface area contributed by atoms with E-state index < -0.39 is 24.6 Å². The highest BCUT2D eigenvalue weighted by molar-refractivity contribution is 5.92. The monoisotopic (exact) mass is 290 g/mol. The van der Waals surface area contributed by atoms with Gasteiger partial charge in [0.1, 0.15) is 5.76 Å². The average molecular weight is 290 g/mol. The van der Waals surface area contributed by atoms with E-state index in [2.05, 4.69) is 10.5 Å². The predicted molar refractivity (Wildman–Crippen MR) is 72.2 cm³/mol. The van der Waals surface area contributed by atoms with Crippen LogP contribution in [0, 0.1) is 6.92 Å². The summed E-state index contributed by atoms with van der Waals surface area (Å²) in [5, 5.41) is 15.7. The van der Waals surface area contributed by atoms with Crippen molar-refractivity contribution in [2.24, 2.45) is 0 Å². The van der Waals surface area contributed by atoms with Gasteiger partial charge in [0, 0.05) is 6.07 Å². The van der Waals surface area contributed by atoms with E-state index in [0.29, 0.717) is 11.3 Å². The van der Waals surface area contributed by atoms with Gasteiger partial charge in [0.05, 0.1) is 0 Å². The molecule has 1 amide bonds. The molecule has 2 rings (SSSR count). The number of aliphatic hydroxyl groups excluding tert-OH is 1. The van der Waals surface area contributed by atoms with Crippen LogP contribution in [0.2, 0.25) is 0 Å². The first-order valence-corrected chi connectivity index (χ1v) is 6.19.